The standard InChI is InChI=1S/C22H29ClN6.2C2H6/c1-8-15(4)17(9-11-27(6)14(2)3)18-13-29-19(16(18)5)20(23)25-21(26-29)22-24-10-12-28(22)7;2*1-2/h9-14H,8H2,1-7H3;2*1-2H3/b11-9-,17-15?;;. The second-order valence-electron chi connectivity index (χ2n) is 7.67. The summed E-state index contributed by atoms with van der Waals surface area (Å²) in [5.74, 6) is 1.19. The Morgan fingerprint density at radius 1 is 1.21 bits per heavy atom. The summed E-state index contributed by atoms with van der Waals surface area (Å²) >= 11 is 6.59. The molecule has 0 saturated heterocycles. The molecule has 0 N–H and O–H groups in total. The lowest BCUT2D eigenvalue weighted by molar-refractivity contribution is 0.376. The first kappa shape index (κ1) is 28.4. The van der Waals surface area contributed by atoms with E-state index in [-0.39, 0.29) is 0 Å². The van der Waals surface area contributed by atoms with E-state index in [4.69, 9.17) is 16.7 Å². The molecule has 3 aromatic rings. The monoisotopic (exact) mass is 472 g/mol. The lowest BCUT2D eigenvalue weighted by Crippen LogP contribution is -2.19. The summed E-state index contributed by atoms with van der Waals surface area (Å²) in [5, 5.41) is 5.12. The van der Waals surface area contributed by atoms with Crippen molar-refractivity contribution in [3.05, 3.63) is 52.7 Å². The normalized spacial score (nSPS) is 11.8. The van der Waals surface area contributed by atoms with Gasteiger partial charge in [0.15, 0.2) is 11.0 Å². The molecule has 3 rings (SSSR count). The minimum atomic E-state index is 0.429. The Morgan fingerprint density at radius 3 is 2.36 bits per heavy atom. The molecule has 0 amide bonds. The van der Waals surface area contributed by atoms with Crippen LogP contribution in [0.15, 0.2) is 36.4 Å². The molecule has 0 aliphatic heterocycles. The van der Waals surface area contributed by atoms with Gasteiger partial charge >= 0.3 is 0 Å². The zero-order chi connectivity index (χ0) is 25.3. The third-order valence-electron chi connectivity index (χ3n) is 5.43. The number of allylic oxidation sites excluding steroid dienone is 3. The van der Waals surface area contributed by atoms with Crippen molar-refractivity contribution in [2.45, 2.75) is 74.8 Å². The van der Waals surface area contributed by atoms with Gasteiger partial charge in [-0.05, 0) is 57.5 Å². The molecule has 182 valence electrons. The number of halogens is 1. The Labute approximate surface area is 205 Å². The number of hydrogen-bond acceptors (Lipinski definition) is 4. The molecule has 0 unspecified atom stereocenters. The van der Waals surface area contributed by atoms with E-state index >= 15 is 0 Å². The van der Waals surface area contributed by atoms with Crippen molar-refractivity contribution in [1.82, 2.24) is 29.0 Å². The fourth-order valence-corrected chi connectivity index (χ4v) is 3.45. The molecule has 0 spiro atoms. The summed E-state index contributed by atoms with van der Waals surface area (Å²) in [5.41, 5.74) is 5.52. The van der Waals surface area contributed by atoms with Gasteiger partial charge in [0.25, 0.3) is 0 Å². The fraction of sp³-hybridized carbons (Fsp3) is 0.500. The van der Waals surface area contributed by atoms with E-state index in [0.717, 1.165) is 23.1 Å². The first-order chi connectivity index (χ1) is 15.7. The van der Waals surface area contributed by atoms with Crippen molar-refractivity contribution >= 4 is 22.7 Å². The van der Waals surface area contributed by atoms with Gasteiger partial charge in [0, 0.05) is 44.3 Å². The molecule has 0 bridgehead atoms. The minimum absolute atomic E-state index is 0.429. The highest BCUT2D eigenvalue weighted by molar-refractivity contribution is 6.33. The Balaban J connectivity index is 0.00000129. The molecular formula is C26H41ClN6. The van der Waals surface area contributed by atoms with Gasteiger partial charge in [-0.1, -0.05) is 51.8 Å². The Morgan fingerprint density at radius 2 is 1.85 bits per heavy atom. The molecule has 6 nitrogen and oxygen atoms in total. The Kier molecular flexibility index (Phi) is 11.4. The average Bonchev–Trinajstić information content (AvgIpc) is 3.39. The van der Waals surface area contributed by atoms with Crippen molar-refractivity contribution in [3.63, 3.8) is 0 Å². The molecule has 3 aromatic heterocycles. The Hall–Kier alpha value is -2.60. The Bertz CT molecular complexity index is 1090. The van der Waals surface area contributed by atoms with Crippen LogP contribution < -0.4 is 0 Å². The first-order valence-corrected chi connectivity index (χ1v) is 12.3. The number of nitrogens with zero attached hydrogens (tertiary/aromatic N) is 6. The summed E-state index contributed by atoms with van der Waals surface area (Å²) < 4.78 is 3.71. The van der Waals surface area contributed by atoms with E-state index in [1.165, 1.54) is 11.1 Å². The molecule has 7 heteroatoms. The maximum Gasteiger partial charge on any atom is 0.217 e. The number of rotatable bonds is 6. The molecule has 0 fully saturated rings. The minimum Gasteiger partial charge on any atom is -0.378 e. The molecule has 0 saturated carbocycles. The van der Waals surface area contributed by atoms with Crippen LogP contribution in [-0.2, 0) is 7.05 Å². The highest BCUT2D eigenvalue weighted by Crippen LogP contribution is 2.32. The molecule has 0 radical (unpaired) electrons. The van der Waals surface area contributed by atoms with Crippen molar-refractivity contribution in [2.75, 3.05) is 7.05 Å². The van der Waals surface area contributed by atoms with Gasteiger partial charge in [-0.25, -0.2) is 14.5 Å². The van der Waals surface area contributed by atoms with Crippen LogP contribution in [0.2, 0.25) is 5.15 Å². The maximum atomic E-state index is 6.59. The lowest BCUT2D eigenvalue weighted by Gasteiger charge is -2.19. The fourth-order valence-electron chi connectivity index (χ4n) is 3.15. The third kappa shape index (κ3) is 6.47. The van der Waals surface area contributed by atoms with E-state index in [2.05, 4.69) is 68.8 Å². The molecule has 0 atom stereocenters. The molecule has 3 heterocycles. The third-order valence-corrected chi connectivity index (χ3v) is 5.70. The van der Waals surface area contributed by atoms with Crippen molar-refractivity contribution in [1.29, 1.82) is 0 Å². The summed E-state index contributed by atoms with van der Waals surface area (Å²) in [6.45, 7) is 18.8. The quantitative estimate of drug-likeness (QED) is 0.356. The van der Waals surface area contributed by atoms with E-state index in [1.54, 1.807) is 6.20 Å². The van der Waals surface area contributed by atoms with Crippen LogP contribution >= 0.6 is 11.6 Å². The summed E-state index contributed by atoms with van der Waals surface area (Å²) in [4.78, 5) is 11.0. The molecule has 0 aromatic carbocycles. The summed E-state index contributed by atoms with van der Waals surface area (Å²) in [7, 11) is 4.00. The van der Waals surface area contributed by atoms with Gasteiger partial charge in [0.1, 0.15) is 5.52 Å². The number of aryl methyl sites for hydroxylation is 2. The second-order valence-corrected chi connectivity index (χ2v) is 8.03. The number of fused-ring (bicyclic) bond motifs is 1. The number of imidazole rings is 1. The summed E-state index contributed by atoms with van der Waals surface area (Å²) in [6.07, 6.45) is 10.9. The zero-order valence-electron chi connectivity index (χ0n) is 22.2. The largest absolute Gasteiger partial charge is 0.378 e. The first-order valence-electron chi connectivity index (χ1n) is 11.9. The smallest absolute Gasteiger partial charge is 0.217 e. The van der Waals surface area contributed by atoms with Crippen molar-refractivity contribution < 1.29 is 0 Å². The van der Waals surface area contributed by atoms with Gasteiger partial charge in [-0.15, -0.1) is 5.10 Å². The van der Waals surface area contributed by atoms with Gasteiger partial charge in [0.2, 0.25) is 5.82 Å². The molecule has 0 aliphatic carbocycles. The van der Waals surface area contributed by atoms with E-state index < -0.39 is 0 Å². The predicted octanol–water partition coefficient (Wildman–Crippen LogP) is 7.18. The van der Waals surface area contributed by atoms with Gasteiger partial charge in [-0.2, -0.15) is 0 Å². The van der Waals surface area contributed by atoms with Crippen LogP contribution in [-0.4, -0.2) is 42.1 Å². The van der Waals surface area contributed by atoms with Crippen LogP contribution in [0.1, 0.15) is 72.9 Å². The zero-order valence-corrected chi connectivity index (χ0v) is 23.0. The maximum absolute atomic E-state index is 6.59. The van der Waals surface area contributed by atoms with Crippen molar-refractivity contribution in [2.24, 2.45) is 7.05 Å². The van der Waals surface area contributed by atoms with E-state index in [1.807, 2.05) is 56.2 Å². The number of hydrogen-bond donors (Lipinski definition) is 0. The van der Waals surface area contributed by atoms with Gasteiger partial charge in [-0.3, -0.25) is 0 Å². The van der Waals surface area contributed by atoms with Crippen LogP contribution in [0.5, 0.6) is 0 Å². The van der Waals surface area contributed by atoms with Gasteiger partial charge in [0.05, 0.1) is 0 Å². The van der Waals surface area contributed by atoms with E-state index in [9.17, 15) is 0 Å². The average molecular weight is 473 g/mol. The van der Waals surface area contributed by atoms with Crippen LogP contribution in [0.3, 0.4) is 0 Å². The highest BCUT2D eigenvalue weighted by atomic mass is 35.5. The predicted molar refractivity (Wildman–Crippen MR) is 143 cm³/mol. The topological polar surface area (TPSA) is 51.2 Å². The molecule has 33 heavy (non-hydrogen) atoms. The lowest BCUT2D eigenvalue weighted by atomic mass is 9.98. The van der Waals surface area contributed by atoms with Crippen LogP contribution in [0.4, 0.5) is 0 Å². The van der Waals surface area contributed by atoms with E-state index in [0.29, 0.717) is 22.8 Å². The molecular weight excluding hydrogens is 432 g/mol. The van der Waals surface area contributed by atoms with Gasteiger partial charge < -0.3 is 9.47 Å². The van der Waals surface area contributed by atoms with Crippen LogP contribution in [0.25, 0.3) is 22.7 Å². The highest BCUT2D eigenvalue weighted by Gasteiger charge is 2.18. The second kappa shape index (κ2) is 13.2. The van der Waals surface area contributed by atoms with Crippen LogP contribution in [0, 0.1) is 6.92 Å². The summed E-state index contributed by atoms with van der Waals surface area (Å²) in [6, 6.07) is 0.435. The molecule has 0 aliphatic rings. The SMILES string of the molecule is CC.CC.CCC(C)=C(/C=C\N(C)C(C)C)c1cn2nc(-c3nccn3C)nc(Cl)c2c1C. The van der Waals surface area contributed by atoms with Crippen molar-refractivity contribution in [3.8, 4) is 11.6 Å². The number of aromatic nitrogens is 5.